The third-order valence-electron chi connectivity index (χ3n) is 3.40. The Kier molecular flexibility index (Phi) is 3.48. The van der Waals surface area contributed by atoms with E-state index in [1.54, 1.807) is 0 Å². The summed E-state index contributed by atoms with van der Waals surface area (Å²) in [6.45, 7) is 4.91. The van der Waals surface area contributed by atoms with Crippen LogP contribution in [0.5, 0.6) is 0 Å². The van der Waals surface area contributed by atoms with Crippen molar-refractivity contribution in [2.75, 3.05) is 0 Å². The number of hydrogen-bond donors (Lipinski definition) is 0. The fourth-order valence-electron chi connectivity index (χ4n) is 1.94. The molecule has 0 heterocycles. The third-order valence-corrected chi connectivity index (χ3v) is 4.37. The molecule has 88 valence electrons. The lowest BCUT2D eigenvalue weighted by Crippen LogP contribution is -2.51. The Morgan fingerprint density at radius 1 is 1.44 bits per heavy atom. The molecule has 0 aromatic heterocycles. The van der Waals surface area contributed by atoms with Crippen LogP contribution in [0.4, 0.5) is 0 Å². The van der Waals surface area contributed by atoms with Gasteiger partial charge >= 0.3 is 0 Å². The van der Waals surface area contributed by atoms with Gasteiger partial charge in [-0.2, -0.15) is 0 Å². The first-order valence-corrected chi connectivity index (χ1v) is 6.31. The van der Waals surface area contributed by atoms with E-state index in [-0.39, 0.29) is 16.9 Å². The van der Waals surface area contributed by atoms with Crippen LogP contribution in [0.1, 0.15) is 25.8 Å². The van der Waals surface area contributed by atoms with E-state index in [1.165, 1.54) is 0 Å². The molecule has 1 fully saturated rings. The molecular formula is C13H16Cl2O. The standard InChI is InChI=1S/C13H16Cl2O/c1-13(2)11(15)7-12(13)16-8-9-4-3-5-10(14)6-9/h3-6,11-12H,7-8H2,1-2H3. The molecule has 2 rings (SSSR count). The molecule has 0 saturated heterocycles. The maximum absolute atomic E-state index is 6.14. The van der Waals surface area contributed by atoms with Crippen molar-refractivity contribution in [2.24, 2.45) is 5.41 Å². The molecule has 2 unspecified atom stereocenters. The van der Waals surface area contributed by atoms with E-state index in [0.717, 1.165) is 17.0 Å². The summed E-state index contributed by atoms with van der Waals surface area (Å²) >= 11 is 12.1. The summed E-state index contributed by atoms with van der Waals surface area (Å²) in [5.41, 5.74) is 1.20. The second-order valence-corrected chi connectivity index (χ2v) is 5.92. The molecule has 1 nitrogen and oxygen atoms in total. The molecule has 1 aliphatic carbocycles. The van der Waals surface area contributed by atoms with Crippen LogP contribution in [0.3, 0.4) is 0 Å². The van der Waals surface area contributed by atoms with Gasteiger partial charge in [-0.3, -0.25) is 0 Å². The zero-order valence-electron chi connectivity index (χ0n) is 9.54. The van der Waals surface area contributed by atoms with Crippen LogP contribution in [0, 0.1) is 5.41 Å². The summed E-state index contributed by atoms with van der Waals surface area (Å²) in [6, 6.07) is 7.77. The molecule has 0 aliphatic heterocycles. The van der Waals surface area contributed by atoms with E-state index < -0.39 is 0 Å². The monoisotopic (exact) mass is 258 g/mol. The van der Waals surface area contributed by atoms with Crippen LogP contribution in [-0.2, 0) is 11.3 Å². The van der Waals surface area contributed by atoms with E-state index in [9.17, 15) is 0 Å². The van der Waals surface area contributed by atoms with Crippen molar-refractivity contribution in [3.05, 3.63) is 34.9 Å². The highest BCUT2D eigenvalue weighted by molar-refractivity contribution is 6.30. The van der Waals surface area contributed by atoms with E-state index >= 15 is 0 Å². The van der Waals surface area contributed by atoms with E-state index in [2.05, 4.69) is 13.8 Å². The average molecular weight is 259 g/mol. The van der Waals surface area contributed by atoms with Gasteiger partial charge in [-0.25, -0.2) is 0 Å². The van der Waals surface area contributed by atoms with Gasteiger partial charge in [0.15, 0.2) is 0 Å². The van der Waals surface area contributed by atoms with E-state index in [4.69, 9.17) is 27.9 Å². The first-order chi connectivity index (χ1) is 7.50. The van der Waals surface area contributed by atoms with Crippen LogP contribution in [0.15, 0.2) is 24.3 Å². The predicted molar refractivity (Wildman–Crippen MR) is 68.1 cm³/mol. The fourth-order valence-corrected chi connectivity index (χ4v) is 2.46. The molecule has 1 aromatic carbocycles. The molecule has 1 aromatic rings. The quantitative estimate of drug-likeness (QED) is 0.737. The molecule has 1 aliphatic rings. The highest BCUT2D eigenvalue weighted by atomic mass is 35.5. The Morgan fingerprint density at radius 3 is 2.75 bits per heavy atom. The Hall–Kier alpha value is -0.240. The fraction of sp³-hybridized carbons (Fsp3) is 0.538. The van der Waals surface area contributed by atoms with Crippen LogP contribution in [-0.4, -0.2) is 11.5 Å². The molecule has 1 saturated carbocycles. The van der Waals surface area contributed by atoms with Crippen molar-refractivity contribution in [3.63, 3.8) is 0 Å². The molecule has 16 heavy (non-hydrogen) atoms. The lowest BCUT2D eigenvalue weighted by atomic mass is 9.68. The van der Waals surface area contributed by atoms with Crippen LogP contribution < -0.4 is 0 Å². The van der Waals surface area contributed by atoms with Gasteiger partial charge in [-0.15, -0.1) is 11.6 Å². The van der Waals surface area contributed by atoms with Gasteiger partial charge in [0.05, 0.1) is 12.7 Å². The van der Waals surface area contributed by atoms with E-state index in [0.29, 0.717) is 6.61 Å². The van der Waals surface area contributed by atoms with Crippen molar-refractivity contribution >= 4 is 23.2 Å². The SMILES string of the molecule is CC1(C)C(Cl)CC1OCc1cccc(Cl)c1. The van der Waals surface area contributed by atoms with Crippen molar-refractivity contribution in [1.82, 2.24) is 0 Å². The second kappa shape index (κ2) is 4.56. The van der Waals surface area contributed by atoms with Gasteiger partial charge in [0.25, 0.3) is 0 Å². The van der Waals surface area contributed by atoms with Gasteiger partial charge in [-0.05, 0) is 24.1 Å². The number of halogens is 2. The Morgan fingerprint density at radius 2 is 2.19 bits per heavy atom. The summed E-state index contributed by atoms with van der Waals surface area (Å²) in [6.07, 6.45) is 1.20. The van der Waals surface area contributed by atoms with Gasteiger partial charge in [0.1, 0.15) is 0 Å². The molecular weight excluding hydrogens is 243 g/mol. The Bertz CT molecular complexity index is 376. The average Bonchev–Trinajstić information content (AvgIpc) is 2.24. The topological polar surface area (TPSA) is 9.23 Å². The highest BCUT2D eigenvalue weighted by Crippen LogP contribution is 2.46. The summed E-state index contributed by atoms with van der Waals surface area (Å²) in [5.74, 6) is 0. The number of ether oxygens (including phenoxy) is 1. The number of benzene rings is 1. The van der Waals surface area contributed by atoms with Crippen molar-refractivity contribution in [1.29, 1.82) is 0 Å². The summed E-state index contributed by atoms with van der Waals surface area (Å²) < 4.78 is 5.86. The summed E-state index contributed by atoms with van der Waals surface area (Å²) in [5, 5.41) is 0.987. The minimum Gasteiger partial charge on any atom is -0.373 e. The molecule has 0 amide bonds. The second-order valence-electron chi connectivity index (χ2n) is 4.95. The van der Waals surface area contributed by atoms with Crippen LogP contribution >= 0.6 is 23.2 Å². The lowest BCUT2D eigenvalue weighted by molar-refractivity contribution is -0.0967. The molecule has 3 heteroatoms. The van der Waals surface area contributed by atoms with Gasteiger partial charge in [-0.1, -0.05) is 37.6 Å². The van der Waals surface area contributed by atoms with Gasteiger partial charge in [0, 0.05) is 15.8 Å². The number of alkyl halides is 1. The minimum absolute atomic E-state index is 0.0835. The largest absolute Gasteiger partial charge is 0.373 e. The zero-order valence-corrected chi connectivity index (χ0v) is 11.1. The van der Waals surface area contributed by atoms with Crippen molar-refractivity contribution in [2.45, 2.75) is 38.4 Å². The Balaban J connectivity index is 1.89. The maximum Gasteiger partial charge on any atom is 0.0721 e. The van der Waals surface area contributed by atoms with Gasteiger partial charge in [0.2, 0.25) is 0 Å². The van der Waals surface area contributed by atoms with Gasteiger partial charge < -0.3 is 4.74 Å². The first kappa shape index (κ1) is 12.2. The highest BCUT2D eigenvalue weighted by Gasteiger charge is 2.47. The predicted octanol–water partition coefficient (Wildman–Crippen LogP) is 4.26. The Labute approximate surface area is 107 Å². The van der Waals surface area contributed by atoms with E-state index in [1.807, 2.05) is 24.3 Å². The van der Waals surface area contributed by atoms with Crippen LogP contribution in [0.25, 0.3) is 0 Å². The lowest BCUT2D eigenvalue weighted by Gasteiger charge is -2.48. The normalized spacial score (nSPS) is 27.5. The molecule has 0 spiro atoms. The third kappa shape index (κ3) is 2.37. The molecule has 2 atom stereocenters. The maximum atomic E-state index is 6.14. The summed E-state index contributed by atoms with van der Waals surface area (Å²) in [7, 11) is 0. The van der Waals surface area contributed by atoms with Crippen molar-refractivity contribution in [3.8, 4) is 0 Å². The smallest absolute Gasteiger partial charge is 0.0721 e. The number of rotatable bonds is 3. The summed E-state index contributed by atoms with van der Waals surface area (Å²) in [4.78, 5) is 0. The van der Waals surface area contributed by atoms with Crippen molar-refractivity contribution < 1.29 is 4.74 Å². The molecule has 0 radical (unpaired) electrons. The molecule has 0 N–H and O–H groups in total. The first-order valence-electron chi connectivity index (χ1n) is 5.50. The number of hydrogen-bond acceptors (Lipinski definition) is 1. The zero-order chi connectivity index (χ0) is 11.8. The van der Waals surface area contributed by atoms with Crippen LogP contribution in [0.2, 0.25) is 5.02 Å². The molecule has 0 bridgehead atoms. The minimum atomic E-state index is 0.0835.